The monoisotopic (exact) mass is 234 g/mol. The molecule has 0 aliphatic carbocycles. The number of amides is 1. The van der Waals surface area contributed by atoms with Crippen LogP contribution in [0.1, 0.15) is 0 Å². The van der Waals surface area contributed by atoms with Crippen molar-refractivity contribution in [3.63, 3.8) is 0 Å². The van der Waals surface area contributed by atoms with Crippen LogP contribution in [0.4, 0.5) is 0 Å². The second-order valence-electron chi connectivity index (χ2n) is 2.63. The Morgan fingerprint density at radius 2 is 2.64 bits per heavy atom. The molecule has 0 saturated heterocycles. The van der Waals surface area contributed by atoms with Crippen LogP contribution in [0.15, 0.2) is 4.99 Å². The maximum atomic E-state index is 11.2. The first kappa shape index (κ1) is 11.9. The molecule has 1 aliphatic rings. The third-order valence-electron chi connectivity index (χ3n) is 1.51. The SMILES string of the molecule is COCCNC(=O)CSC1=NCCS1. The number of aliphatic imine (C=N–C) groups is 1. The summed E-state index contributed by atoms with van der Waals surface area (Å²) >= 11 is 3.23. The molecule has 0 saturated carbocycles. The highest BCUT2D eigenvalue weighted by atomic mass is 32.2. The summed E-state index contributed by atoms with van der Waals surface area (Å²) in [5.74, 6) is 1.55. The average molecular weight is 234 g/mol. The Labute approximate surface area is 92.3 Å². The van der Waals surface area contributed by atoms with Crippen molar-refractivity contribution in [1.29, 1.82) is 0 Å². The molecule has 1 N–H and O–H groups in total. The zero-order valence-corrected chi connectivity index (χ0v) is 9.75. The number of hydrogen-bond acceptors (Lipinski definition) is 5. The molecule has 0 aromatic carbocycles. The van der Waals surface area contributed by atoms with E-state index in [0.717, 1.165) is 16.7 Å². The van der Waals surface area contributed by atoms with Crippen molar-refractivity contribution in [3.8, 4) is 0 Å². The molecule has 1 aliphatic heterocycles. The van der Waals surface area contributed by atoms with E-state index in [0.29, 0.717) is 18.9 Å². The van der Waals surface area contributed by atoms with Crippen molar-refractivity contribution in [3.05, 3.63) is 0 Å². The second kappa shape index (κ2) is 7.14. The molecule has 14 heavy (non-hydrogen) atoms. The molecule has 0 spiro atoms. The van der Waals surface area contributed by atoms with Crippen LogP contribution in [0.5, 0.6) is 0 Å². The normalized spacial score (nSPS) is 15.4. The molecule has 0 bridgehead atoms. The Bertz CT molecular complexity index is 221. The lowest BCUT2D eigenvalue weighted by atomic mass is 10.6. The van der Waals surface area contributed by atoms with Crippen LogP contribution in [-0.4, -0.2) is 48.6 Å². The number of nitrogens with zero attached hydrogens (tertiary/aromatic N) is 1. The summed E-state index contributed by atoms with van der Waals surface area (Å²) in [4.78, 5) is 15.5. The minimum Gasteiger partial charge on any atom is -0.383 e. The van der Waals surface area contributed by atoms with Gasteiger partial charge in [-0.05, 0) is 0 Å². The van der Waals surface area contributed by atoms with Gasteiger partial charge in [0.1, 0.15) is 4.38 Å². The van der Waals surface area contributed by atoms with Gasteiger partial charge in [-0.15, -0.1) is 0 Å². The van der Waals surface area contributed by atoms with Crippen molar-refractivity contribution < 1.29 is 9.53 Å². The summed E-state index contributed by atoms with van der Waals surface area (Å²) in [6.07, 6.45) is 0. The van der Waals surface area contributed by atoms with E-state index in [-0.39, 0.29) is 5.91 Å². The Morgan fingerprint density at radius 1 is 1.79 bits per heavy atom. The Morgan fingerprint density at radius 3 is 3.29 bits per heavy atom. The fourth-order valence-electron chi connectivity index (χ4n) is 0.874. The Balaban J connectivity index is 2.02. The highest BCUT2D eigenvalue weighted by molar-refractivity contribution is 8.39. The van der Waals surface area contributed by atoms with E-state index in [4.69, 9.17) is 4.74 Å². The zero-order chi connectivity index (χ0) is 10.2. The minimum atomic E-state index is 0.0438. The van der Waals surface area contributed by atoms with E-state index >= 15 is 0 Å². The Hall–Kier alpha value is -0.200. The quantitative estimate of drug-likeness (QED) is 0.707. The van der Waals surface area contributed by atoms with Gasteiger partial charge in [0.05, 0.1) is 18.9 Å². The third kappa shape index (κ3) is 4.88. The molecule has 0 fully saturated rings. The van der Waals surface area contributed by atoms with Gasteiger partial charge in [-0.3, -0.25) is 9.79 Å². The van der Waals surface area contributed by atoms with Crippen molar-refractivity contribution >= 4 is 33.8 Å². The van der Waals surface area contributed by atoms with Gasteiger partial charge in [0.25, 0.3) is 0 Å². The molecule has 0 radical (unpaired) electrons. The minimum absolute atomic E-state index is 0.0438. The predicted molar refractivity (Wildman–Crippen MR) is 62.1 cm³/mol. The molecule has 4 nitrogen and oxygen atoms in total. The highest BCUT2D eigenvalue weighted by Gasteiger charge is 2.09. The first-order valence-corrected chi connectivity index (χ1v) is 6.35. The fourth-order valence-corrected chi connectivity index (χ4v) is 2.71. The molecule has 0 atom stereocenters. The van der Waals surface area contributed by atoms with Crippen molar-refractivity contribution in [2.24, 2.45) is 4.99 Å². The van der Waals surface area contributed by atoms with E-state index < -0.39 is 0 Å². The van der Waals surface area contributed by atoms with Gasteiger partial charge in [0, 0.05) is 19.4 Å². The first-order chi connectivity index (χ1) is 6.83. The number of nitrogens with one attached hydrogen (secondary N) is 1. The summed E-state index contributed by atoms with van der Waals surface area (Å²) in [5, 5.41) is 2.76. The number of thioether (sulfide) groups is 2. The van der Waals surface area contributed by atoms with Crippen LogP contribution in [0.2, 0.25) is 0 Å². The zero-order valence-electron chi connectivity index (χ0n) is 8.12. The van der Waals surface area contributed by atoms with E-state index in [1.807, 2.05) is 0 Å². The number of methoxy groups -OCH3 is 1. The van der Waals surface area contributed by atoms with E-state index in [2.05, 4.69) is 10.3 Å². The summed E-state index contributed by atoms with van der Waals surface area (Å²) < 4.78 is 5.85. The van der Waals surface area contributed by atoms with Crippen LogP contribution in [0, 0.1) is 0 Å². The standard InChI is InChI=1S/C8H14N2O2S2/c1-12-4-2-9-7(11)6-14-8-10-3-5-13-8/h2-6H2,1H3,(H,9,11). The third-order valence-corrected chi connectivity index (χ3v) is 3.77. The molecule has 80 valence electrons. The molecular formula is C8H14N2O2S2. The average Bonchev–Trinajstić information content (AvgIpc) is 2.68. The van der Waals surface area contributed by atoms with Gasteiger partial charge in [-0.1, -0.05) is 23.5 Å². The van der Waals surface area contributed by atoms with Gasteiger partial charge in [0.15, 0.2) is 0 Å². The van der Waals surface area contributed by atoms with Crippen molar-refractivity contribution in [1.82, 2.24) is 5.32 Å². The van der Waals surface area contributed by atoms with Gasteiger partial charge >= 0.3 is 0 Å². The lowest BCUT2D eigenvalue weighted by Crippen LogP contribution is -2.28. The van der Waals surface area contributed by atoms with Gasteiger partial charge in [-0.2, -0.15) is 0 Å². The van der Waals surface area contributed by atoms with Gasteiger partial charge in [-0.25, -0.2) is 0 Å². The second-order valence-corrected chi connectivity index (χ2v) is 4.93. The molecule has 1 rings (SSSR count). The Kier molecular flexibility index (Phi) is 6.05. The summed E-state index contributed by atoms with van der Waals surface area (Å²) in [6, 6.07) is 0. The number of hydrogen-bond donors (Lipinski definition) is 1. The van der Waals surface area contributed by atoms with E-state index in [9.17, 15) is 4.79 Å². The number of carbonyl (C=O) groups excluding carboxylic acids is 1. The van der Waals surface area contributed by atoms with E-state index in [1.165, 1.54) is 11.8 Å². The molecule has 0 aromatic rings. The van der Waals surface area contributed by atoms with Crippen LogP contribution < -0.4 is 5.32 Å². The largest absolute Gasteiger partial charge is 0.383 e. The molecule has 6 heteroatoms. The van der Waals surface area contributed by atoms with Crippen molar-refractivity contribution in [2.75, 3.05) is 38.3 Å². The number of ether oxygens (including phenoxy) is 1. The molecule has 0 unspecified atom stereocenters. The maximum Gasteiger partial charge on any atom is 0.230 e. The maximum absolute atomic E-state index is 11.2. The number of carbonyl (C=O) groups is 1. The van der Waals surface area contributed by atoms with E-state index in [1.54, 1.807) is 18.9 Å². The van der Waals surface area contributed by atoms with Crippen LogP contribution >= 0.6 is 23.5 Å². The molecule has 1 heterocycles. The highest BCUT2D eigenvalue weighted by Crippen LogP contribution is 2.21. The van der Waals surface area contributed by atoms with Gasteiger partial charge < -0.3 is 10.1 Å². The lowest BCUT2D eigenvalue weighted by Gasteiger charge is -2.03. The smallest absolute Gasteiger partial charge is 0.230 e. The van der Waals surface area contributed by atoms with Gasteiger partial charge in [0.2, 0.25) is 5.91 Å². The summed E-state index contributed by atoms with van der Waals surface area (Å²) in [5.41, 5.74) is 0. The van der Waals surface area contributed by atoms with Crippen LogP contribution in [-0.2, 0) is 9.53 Å². The summed E-state index contributed by atoms with van der Waals surface area (Å²) in [7, 11) is 1.62. The number of rotatable bonds is 5. The fraction of sp³-hybridized carbons (Fsp3) is 0.750. The summed E-state index contributed by atoms with van der Waals surface area (Å²) in [6.45, 7) is 2.03. The van der Waals surface area contributed by atoms with Crippen molar-refractivity contribution in [2.45, 2.75) is 0 Å². The first-order valence-electron chi connectivity index (χ1n) is 4.38. The topological polar surface area (TPSA) is 50.7 Å². The lowest BCUT2D eigenvalue weighted by molar-refractivity contribution is -0.118. The molecule has 0 aromatic heterocycles. The van der Waals surface area contributed by atoms with Crippen LogP contribution in [0.25, 0.3) is 0 Å². The predicted octanol–water partition coefficient (Wildman–Crippen LogP) is 0.585. The van der Waals surface area contributed by atoms with Crippen LogP contribution in [0.3, 0.4) is 0 Å². The molecular weight excluding hydrogens is 220 g/mol. The molecule has 1 amide bonds.